The van der Waals surface area contributed by atoms with Crippen LogP contribution in [0, 0.1) is 11.3 Å². The molecule has 1 aliphatic carbocycles. The lowest BCUT2D eigenvalue weighted by Gasteiger charge is -1.99. The highest BCUT2D eigenvalue weighted by Gasteiger charge is 2.59. The molecular formula is C8H9Cl3O2. The van der Waals surface area contributed by atoms with Crippen molar-refractivity contribution in [1.82, 2.24) is 0 Å². The lowest BCUT2D eigenvalue weighted by atomic mass is 10.1. The maximum absolute atomic E-state index is 10.5. The maximum atomic E-state index is 10.5. The van der Waals surface area contributed by atoms with Gasteiger partial charge >= 0.3 is 5.43 Å². The third-order valence-electron chi connectivity index (χ3n) is 2.33. The predicted molar refractivity (Wildman–Crippen MR) is 53.2 cm³/mol. The third kappa shape index (κ3) is 2.52. The van der Waals surface area contributed by atoms with Crippen LogP contribution in [-0.2, 0) is 4.74 Å². The monoisotopic (exact) mass is 242 g/mol. The summed E-state index contributed by atoms with van der Waals surface area (Å²) in [5.41, 5.74) is -0.917. The summed E-state index contributed by atoms with van der Waals surface area (Å²) in [6.45, 7) is 3.91. The quantitative estimate of drug-likeness (QED) is 0.691. The van der Waals surface area contributed by atoms with Crippen LogP contribution in [0.25, 0.3) is 0 Å². The number of carbonyl (C=O) groups is 1. The Kier molecular flexibility index (Phi) is 3.16. The average Bonchev–Trinajstić information content (AvgIpc) is 2.36. The van der Waals surface area contributed by atoms with Gasteiger partial charge in [-0.2, -0.15) is 0 Å². The Bertz CT molecular complexity index is 256. The lowest BCUT2D eigenvalue weighted by Crippen LogP contribution is -2.03. The van der Waals surface area contributed by atoms with E-state index in [0.29, 0.717) is 0 Å². The fraction of sp³-hybridized carbons (Fsp3) is 0.625. The van der Waals surface area contributed by atoms with Crippen molar-refractivity contribution in [3.63, 3.8) is 0 Å². The molecule has 1 aliphatic rings. The molecule has 1 saturated carbocycles. The first-order valence-electron chi connectivity index (χ1n) is 3.74. The minimum atomic E-state index is -0.792. The first kappa shape index (κ1) is 11.2. The second kappa shape index (κ2) is 3.68. The zero-order valence-corrected chi connectivity index (χ0v) is 9.45. The van der Waals surface area contributed by atoms with E-state index < -0.39 is 5.43 Å². The van der Waals surface area contributed by atoms with E-state index >= 15 is 0 Å². The second-order valence-corrected chi connectivity index (χ2v) is 4.90. The van der Waals surface area contributed by atoms with Gasteiger partial charge in [0.05, 0.1) is 0 Å². The number of ether oxygens (including phenoxy) is 1. The molecule has 0 aromatic heterocycles. The highest BCUT2D eigenvalue weighted by Crippen LogP contribution is 2.55. The molecular weight excluding hydrogens is 234 g/mol. The highest BCUT2D eigenvalue weighted by molar-refractivity contribution is 6.61. The second-order valence-electron chi connectivity index (χ2n) is 3.58. The highest BCUT2D eigenvalue weighted by atomic mass is 35.5. The molecule has 0 heterocycles. The summed E-state index contributed by atoms with van der Waals surface area (Å²) in [7, 11) is 0. The Balaban J connectivity index is 2.61. The van der Waals surface area contributed by atoms with Crippen LogP contribution < -0.4 is 0 Å². The van der Waals surface area contributed by atoms with Crippen LogP contribution in [0.5, 0.6) is 0 Å². The van der Waals surface area contributed by atoms with Gasteiger partial charge in [0.25, 0.3) is 0 Å². The molecule has 0 radical (unpaired) electrons. The molecule has 5 heteroatoms. The molecule has 0 N–H and O–H groups in total. The molecule has 0 aromatic rings. The van der Waals surface area contributed by atoms with Gasteiger partial charge in [0.15, 0.2) is 0 Å². The Morgan fingerprint density at radius 2 is 1.92 bits per heavy atom. The van der Waals surface area contributed by atoms with Crippen LogP contribution >= 0.6 is 34.8 Å². The van der Waals surface area contributed by atoms with E-state index in [1.54, 1.807) is 6.08 Å². The molecule has 0 aromatic carbocycles. The minimum absolute atomic E-state index is 0.0557. The lowest BCUT2D eigenvalue weighted by molar-refractivity contribution is 0.150. The van der Waals surface area contributed by atoms with Crippen molar-refractivity contribution in [3.05, 3.63) is 10.6 Å². The SMILES string of the molecule is CC1(C)[C@H](C=C(Cl)Cl)[C@H]1OC(=O)Cl. The van der Waals surface area contributed by atoms with Gasteiger partial charge in [-0.25, -0.2) is 4.79 Å². The van der Waals surface area contributed by atoms with Crippen molar-refractivity contribution in [2.45, 2.75) is 20.0 Å². The van der Waals surface area contributed by atoms with Crippen LogP contribution in [0.4, 0.5) is 4.79 Å². The zero-order chi connectivity index (χ0) is 10.2. The van der Waals surface area contributed by atoms with Gasteiger partial charge in [-0.1, -0.05) is 37.0 Å². The summed E-state index contributed by atoms with van der Waals surface area (Å²) in [4.78, 5) is 10.5. The number of carbonyl (C=O) groups excluding carboxylic acids is 1. The molecule has 1 fully saturated rings. The molecule has 0 spiro atoms. The molecule has 2 nitrogen and oxygen atoms in total. The van der Waals surface area contributed by atoms with Crippen molar-refractivity contribution in [2.24, 2.45) is 11.3 Å². The molecule has 13 heavy (non-hydrogen) atoms. The Morgan fingerprint density at radius 3 is 2.31 bits per heavy atom. The third-order valence-corrected chi connectivity index (χ3v) is 2.68. The summed E-state index contributed by atoms with van der Waals surface area (Å²) in [6, 6.07) is 0. The van der Waals surface area contributed by atoms with Crippen LogP contribution in [-0.4, -0.2) is 11.5 Å². The number of hydrogen-bond acceptors (Lipinski definition) is 2. The normalized spacial score (nSPS) is 29.3. The number of hydrogen-bond donors (Lipinski definition) is 0. The fourth-order valence-corrected chi connectivity index (χ4v) is 1.76. The van der Waals surface area contributed by atoms with E-state index in [0.717, 1.165) is 0 Å². The first-order valence-corrected chi connectivity index (χ1v) is 4.88. The molecule has 74 valence electrons. The number of rotatable bonds is 2. The maximum Gasteiger partial charge on any atom is 0.404 e. The van der Waals surface area contributed by atoms with Gasteiger partial charge in [0.2, 0.25) is 0 Å². The molecule has 1 rings (SSSR count). The van der Waals surface area contributed by atoms with E-state index in [1.807, 2.05) is 13.8 Å². The van der Waals surface area contributed by atoms with Crippen LogP contribution in [0.3, 0.4) is 0 Å². The predicted octanol–water partition coefficient (Wildman–Crippen LogP) is 3.71. The van der Waals surface area contributed by atoms with Gasteiger partial charge in [0, 0.05) is 22.9 Å². The Hall–Kier alpha value is 0.0800. The summed E-state index contributed by atoms with van der Waals surface area (Å²) < 4.78 is 5.04. The molecule has 0 saturated heterocycles. The van der Waals surface area contributed by atoms with Crippen molar-refractivity contribution in [1.29, 1.82) is 0 Å². The summed E-state index contributed by atoms with van der Waals surface area (Å²) >= 11 is 16.1. The summed E-state index contributed by atoms with van der Waals surface area (Å²) in [6.07, 6.45) is 1.44. The number of halogens is 3. The standard InChI is InChI=1S/C8H9Cl3O2/c1-8(2)4(3-5(9)10)6(8)13-7(11)12/h3-4,6H,1-2H3/t4-,6-/m1/s1. The Labute approximate surface area is 91.8 Å². The smallest absolute Gasteiger partial charge is 0.404 e. The molecule has 0 bridgehead atoms. The molecule has 0 unspecified atom stereocenters. The molecule has 0 aliphatic heterocycles. The molecule has 0 amide bonds. The van der Waals surface area contributed by atoms with Gasteiger partial charge in [0.1, 0.15) is 10.6 Å². The van der Waals surface area contributed by atoms with Crippen molar-refractivity contribution in [2.75, 3.05) is 0 Å². The summed E-state index contributed by atoms with van der Waals surface area (Å²) in [5.74, 6) is 0.0557. The van der Waals surface area contributed by atoms with E-state index in [1.165, 1.54) is 0 Å². The molecule has 2 atom stereocenters. The van der Waals surface area contributed by atoms with Crippen LogP contribution in [0.1, 0.15) is 13.8 Å². The van der Waals surface area contributed by atoms with Gasteiger partial charge in [-0.15, -0.1) is 0 Å². The van der Waals surface area contributed by atoms with Gasteiger partial charge in [-0.3, -0.25) is 0 Å². The minimum Gasteiger partial charge on any atom is -0.449 e. The Morgan fingerprint density at radius 1 is 1.38 bits per heavy atom. The topological polar surface area (TPSA) is 26.3 Å². The van der Waals surface area contributed by atoms with Gasteiger partial charge in [-0.05, 0) is 6.08 Å². The van der Waals surface area contributed by atoms with Crippen molar-refractivity contribution < 1.29 is 9.53 Å². The summed E-state index contributed by atoms with van der Waals surface area (Å²) in [5, 5.41) is 0. The van der Waals surface area contributed by atoms with Crippen molar-refractivity contribution in [3.8, 4) is 0 Å². The average molecular weight is 244 g/mol. The first-order chi connectivity index (χ1) is 5.85. The van der Waals surface area contributed by atoms with Gasteiger partial charge < -0.3 is 4.74 Å². The van der Waals surface area contributed by atoms with E-state index in [9.17, 15) is 4.79 Å². The van der Waals surface area contributed by atoms with Crippen LogP contribution in [0.2, 0.25) is 0 Å². The zero-order valence-electron chi connectivity index (χ0n) is 7.18. The van der Waals surface area contributed by atoms with E-state index in [2.05, 4.69) is 0 Å². The van der Waals surface area contributed by atoms with Crippen molar-refractivity contribution >= 4 is 40.2 Å². The largest absolute Gasteiger partial charge is 0.449 e. The van der Waals surface area contributed by atoms with Crippen LogP contribution in [0.15, 0.2) is 10.6 Å². The van der Waals surface area contributed by atoms with E-state index in [4.69, 9.17) is 39.5 Å². The van der Waals surface area contributed by atoms with E-state index in [-0.39, 0.29) is 21.9 Å². The fourth-order valence-electron chi connectivity index (χ4n) is 1.39.